The Morgan fingerprint density at radius 3 is 2.96 bits per heavy atom. The van der Waals surface area contributed by atoms with Crippen LogP contribution < -0.4 is 15.6 Å². The molecule has 0 aliphatic rings. The number of ether oxygens (including phenoxy) is 1. The van der Waals surface area contributed by atoms with Crippen LogP contribution in [0, 0.1) is 0 Å². The fourth-order valence-corrected chi connectivity index (χ4v) is 2.64. The molecule has 3 rings (SSSR count). The lowest BCUT2D eigenvalue weighted by Crippen LogP contribution is -2.22. The Morgan fingerprint density at radius 2 is 2.29 bits per heavy atom. The Morgan fingerprint density at radius 1 is 1.50 bits per heavy atom. The van der Waals surface area contributed by atoms with E-state index in [2.05, 4.69) is 15.3 Å². The summed E-state index contributed by atoms with van der Waals surface area (Å²) in [6.45, 7) is 1.78. The third kappa shape index (κ3) is 3.66. The van der Waals surface area contributed by atoms with Crippen LogP contribution in [0.4, 0.5) is 5.95 Å². The highest BCUT2D eigenvalue weighted by molar-refractivity contribution is 7.11. The molecular weight excluding hydrogens is 352 g/mol. The van der Waals surface area contributed by atoms with Crippen LogP contribution in [0.2, 0.25) is 0 Å². The predicted molar refractivity (Wildman–Crippen MR) is 96.6 cm³/mol. The van der Waals surface area contributed by atoms with Gasteiger partial charge in [0.25, 0.3) is 5.56 Å². The van der Waals surface area contributed by atoms with Crippen molar-refractivity contribution >= 4 is 40.7 Å². The van der Waals surface area contributed by atoms with Crippen LogP contribution in [0.1, 0.15) is 6.92 Å². The number of nitrogens with zero attached hydrogens (tertiary/aromatic N) is 3. The Hall–Kier alpha value is -2.16. The zero-order valence-electron chi connectivity index (χ0n) is 13.1. The Bertz CT molecular complexity index is 882. The molecule has 0 aromatic carbocycles. The number of aliphatic hydroxyl groups excluding tert-OH is 1. The molecule has 0 radical (unpaired) electrons. The lowest BCUT2D eigenvalue weighted by Gasteiger charge is -2.12. The quantitative estimate of drug-likeness (QED) is 0.718. The first kappa shape index (κ1) is 18.2. The fraction of sp³-hybridized carbons (Fsp3) is 0.267. The highest BCUT2D eigenvalue weighted by atomic mass is 35.5. The van der Waals surface area contributed by atoms with Gasteiger partial charge in [-0.15, -0.1) is 23.7 Å². The fourth-order valence-electron chi connectivity index (χ4n) is 2.06. The third-order valence-corrected chi connectivity index (χ3v) is 4.02. The van der Waals surface area contributed by atoms with Crippen LogP contribution in [0.15, 0.2) is 34.6 Å². The van der Waals surface area contributed by atoms with E-state index >= 15 is 0 Å². The molecule has 0 saturated carbocycles. The lowest BCUT2D eigenvalue weighted by molar-refractivity contribution is 0.281. The number of thiophene rings is 1. The average molecular weight is 369 g/mol. The van der Waals surface area contributed by atoms with Crippen molar-refractivity contribution in [1.82, 2.24) is 14.5 Å². The van der Waals surface area contributed by atoms with Crippen molar-refractivity contribution in [3.05, 3.63) is 40.1 Å². The number of anilines is 1. The number of hydrogen-bond donors (Lipinski definition) is 2. The van der Waals surface area contributed by atoms with E-state index in [1.54, 1.807) is 25.4 Å². The van der Waals surface area contributed by atoms with E-state index in [0.29, 0.717) is 22.0 Å². The van der Waals surface area contributed by atoms with Crippen molar-refractivity contribution < 1.29 is 9.84 Å². The normalized spacial score (nSPS) is 11.8. The molecule has 0 amide bonds. The SMILES string of the molecule is CC(CO)Nc1ncc2cc(Oc3cccs3)c(=O)n(C)c2n1.Cl. The number of pyridine rings is 1. The number of aryl methyl sites for hydroxylation is 1. The molecule has 0 fully saturated rings. The standard InChI is InChI=1S/C15H16N4O3S.ClH/c1-9(8-20)17-15-16-7-10-6-11(22-12-4-3-5-23-12)14(21)19(2)13(10)18-15;/h3-7,9,20H,8H2,1-2H3,(H,16,17,18);1H. The summed E-state index contributed by atoms with van der Waals surface area (Å²) in [4.78, 5) is 21.0. The molecule has 0 spiro atoms. The van der Waals surface area contributed by atoms with Gasteiger partial charge in [-0.1, -0.05) is 0 Å². The van der Waals surface area contributed by atoms with E-state index < -0.39 is 0 Å². The summed E-state index contributed by atoms with van der Waals surface area (Å²) in [5.74, 6) is 0.594. The molecule has 1 atom stereocenters. The van der Waals surface area contributed by atoms with Gasteiger partial charge in [0.1, 0.15) is 5.65 Å². The van der Waals surface area contributed by atoms with Gasteiger partial charge in [0.2, 0.25) is 5.95 Å². The number of aliphatic hydroxyl groups is 1. The molecule has 1 unspecified atom stereocenters. The van der Waals surface area contributed by atoms with Gasteiger partial charge in [-0.3, -0.25) is 9.36 Å². The second-order valence-corrected chi connectivity index (χ2v) is 6.02. The molecular formula is C15H17ClN4O3S. The van der Waals surface area contributed by atoms with Crippen LogP contribution >= 0.6 is 23.7 Å². The van der Waals surface area contributed by atoms with Gasteiger partial charge in [0, 0.05) is 24.7 Å². The van der Waals surface area contributed by atoms with Crippen molar-refractivity contribution in [1.29, 1.82) is 0 Å². The van der Waals surface area contributed by atoms with Crippen LogP contribution in [-0.2, 0) is 7.05 Å². The zero-order valence-corrected chi connectivity index (χ0v) is 14.7. The second kappa shape index (κ2) is 7.61. The first-order valence-electron chi connectivity index (χ1n) is 7.04. The number of nitrogens with one attached hydrogen (secondary N) is 1. The molecule has 3 aromatic heterocycles. The topological polar surface area (TPSA) is 89.3 Å². The van der Waals surface area contributed by atoms with Crippen LogP contribution in [0.5, 0.6) is 10.8 Å². The molecule has 24 heavy (non-hydrogen) atoms. The maximum atomic E-state index is 12.4. The van der Waals surface area contributed by atoms with Gasteiger partial charge in [-0.25, -0.2) is 4.98 Å². The summed E-state index contributed by atoms with van der Waals surface area (Å²) in [6.07, 6.45) is 1.62. The first-order chi connectivity index (χ1) is 11.1. The molecule has 3 heterocycles. The summed E-state index contributed by atoms with van der Waals surface area (Å²) >= 11 is 1.41. The van der Waals surface area contributed by atoms with Gasteiger partial charge in [0.15, 0.2) is 10.8 Å². The molecule has 0 aliphatic carbocycles. The highest BCUT2D eigenvalue weighted by Gasteiger charge is 2.12. The van der Waals surface area contributed by atoms with E-state index in [1.165, 1.54) is 15.9 Å². The number of fused-ring (bicyclic) bond motifs is 1. The van der Waals surface area contributed by atoms with E-state index in [0.717, 1.165) is 0 Å². The van der Waals surface area contributed by atoms with Gasteiger partial charge in [-0.05, 0) is 30.5 Å². The summed E-state index contributed by atoms with van der Waals surface area (Å²) in [7, 11) is 1.64. The number of rotatable bonds is 5. The largest absolute Gasteiger partial charge is 0.441 e. The van der Waals surface area contributed by atoms with Crippen LogP contribution in [0.25, 0.3) is 11.0 Å². The Balaban J connectivity index is 0.00000208. The summed E-state index contributed by atoms with van der Waals surface area (Å²) in [6, 6.07) is 5.12. The monoisotopic (exact) mass is 368 g/mol. The smallest absolute Gasteiger partial charge is 0.294 e. The Labute approximate surface area is 148 Å². The van der Waals surface area contributed by atoms with Crippen molar-refractivity contribution in [2.24, 2.45) is 7.05 Å². The van der Waals surface area contributed by atoms with E-state index in [4.69, 9.17) is 9.84 Å². The Kier molecular flexibility index (Phi) is 5.76. The van der Waals surface area contributed by atoms with E-state index in [9.17, 15) is 4.79 Å². The molecule has 0 bridgehead atoms. The van der Waals surface area contributed by atoms with Crippen LogP contribution in [-0.4, -0.2) is 32.3 Å². The van der Waals surface area contributed by atoms with Gasteiger partial charge in [0.05, 0.1) is 6.61 Å². The average Bonchev–Trinajstić information content (AvgIpc) is 3.06. The van der Waals surface area contributed by atoms with Crippen molar-refractivity contribution in [2.45, 2.75) is 13.0 Å². The summed E-state index contributed by atoms with van der Waals surface area (Å²) < 4.78 is 7.06. The zero-order chi connectivity index (χ0) is 16.4. The summed E-state index contributed by atoms with van der Waals surface area (Å²) in [5.41, 5.74) is 0.224. The van der Waals surface area contributed by atoms with Gasteiger partial charge >= 0.3 is 0 Å². The minimum atomic E-state index is -0.272. The predicted octanol–water partition coefficient (Wildman–Crippen LogP) is 2.40. The van der Waals surface area contributed by atoms with Crippen molar-refractivity contribution in [2.75, 3.05) is 11.9 Å². The van der Waals surface area contributed by atoms with E-state index in [1.807, 2.05) is 18.4 Å². The molecule has 0 aliphatic heterocycles. The number of halogens is 1. The maximum Gasteiger partial charge on any atom is 0.294 e. The molecule has 2 N–H and O–H groups in total. The molecule has 3 aromatic rings. The minimum Gasteiger partial charge on any atom is -0.441 e. The first-order valence-corrected chi connectivity index (χ1v) is 7.92. The van der Waals surface area contributed by atoms with Gasteiger partial charge < -0.3 is 15.2 Å². The number of aromatic nitrogens is 3. The minimum absolute atomic E-state index is 0. The molecule has 128 valence electrons. The highest BCUT2D eigenvalue weighted by Crippen LogP contribution is 2.25. The van der Waals surface area contributed by atoms with Crippen LogP contribution in [0.3, 0.4) is 0 Å². The lowest BCUT2D eigenvalue weighted by atomic mass is 10.3. The second-order valence-electron chi connectivity index (χ2n) is 5.11. The van der Waals surface area contributed by atoms with Crippen molar-refractivity contribution in [3.63, 3.8) is 0 Å². The van der Waals surface area contributed by atoms with E-state index in [-0.39, 0.29) is 36.4 Å². The molecule has 9 heteroatoms. The van der Waals surface area contributed by atoms with Crippen molar-refractivity contribution in [3.8, 4) is 10.8 Å². The molecule has 7 nitrogen and oxygen atoms in total. The summed E-state index contributed by atoms with van der Waals surface area (Å²) in [5, 5.41) is 15.3. The number of hydrogen-bond acceptors (Lipinski definition) is 7. The third-order valence-electron chi connectivity index (χ3n) is 3.27. The maximum absolute atomic E-state index is 12.4. The molecule has 0 saturated heterocycles. The van der Waals surface area contributed by atoms with Gasteiger partial charge in [-0.2, -0.15) is 4.98 Å².